The fraction of sp³-hybridized carbons (Fsp3) is 0.458. The molecule has 0 radical (unpaired) electrons. The fourth-order valence-corrected chi connectivity index (χ4v) is 5.03. The molecule has 1 amide bonds. The van der Waals surface area contributed by atoms with E-state index in [0.29, 0.717) is 17.8 Å². The van der Waals surface area contributed by atoms with E-state index in [-0.39, 0.29) is 11.3 Å². The highest BCUT2D eigenvalue weighted by molar-refractivity contribution is 5.95. The van der Waals surface area contributed by atoms with Gasteiger partial charge in [-0.1, -0.05) is 30.3 Å². The fourth-order valence-electron chi connectivity index (χ4n) is 5.03. The number of amides is 1. The summed E-state index contributed by atoms with van der Waals surface area (Å²) in [4.78, 5) is 17.6. The number of benzene rings is 2. The summed E-state index contributed by atoms with van der Waals surface area (Å²) in [6, 6.07) is 16.4. The van der Waals surface area contributed by atoms with Gasteiger partial charge in [0, 0.05) is 42.7 Å². The van der Waals surface area contributed by atoms with Gasteiger partial charge in [0.15, 0.2) is 0 Å². The van der Waals surface area contributed by atoms with Gasteiger partial charge in [-0.15, -0.1) is 0 Å². The summed E-state index contributed by atoms with van der Waals surface area (Å²) in [7, 11) is 0. The van der Waals surface area contributed by atoms with Gasteiger partial charge in [0.2, 0.25) is 0 Å². The molecule has 2 aliphatic heterocycles. The lowest BCUT2D eigenvalue weighted by Crippen LogP contribution is -2.64. The number of carbonyl (C=O) groups excluding carboxylic acids is 1. The number of phenolic OH excluding ortho intramolecular Hbond substituents is 1. The topological polar surface area (TPSA) is 43.8 Å². The van der Waals surface area contributed by atoms with E-state index in [4.69, 9.17) is 0 Å². The Morgan fingerprint density at radius 1 is 1.07 bits per heavy atom. The molecule has 4 rings (SSSR count). The van der Waals surface area contributed by atoms with Gasteiger partial charge in [0.1, 0.15) is 5.75 Å². The van der Waals surface area contributed by atoms with E-state index in [2.05, 4.69) is 30.9 Å². The van der Waals surface area contributed by atoms with Gasteiger partial charge in [0.25, 0.3) is 5.91 Å². The van der Waals surface area contributed by atoms with Crippen LogP contribution in [0.4, 0.5) is 0 Å². The lowest BCUT2D eigenvalue weighted by atomic mass is 9.62. The van der Waals surface area contributed by atoms with Crippen molar-refractivity contribution in [2.24, 2.45) is 5.41 Å². The van der Waals surface area contributed by atoms with Crippen molar-refractivity contribution in [3.05, 3.63) is 65.2 Å². The first-order valence-electron chi connectivity index (χ1n) is 10.3. The van der Waals surface area contributed by atoms with E-state index in [1.807, 2.05) is 36.1 Å². The molecule has 2 aliphatic rings. The van der Waals surface area contributed by atoms with Crippen molar-refractivity contribution in [2.45, 2.75) is 45.7 Å². The van der Waals surface area contributed by atoms with Gasteiger partial charge in [-0.25, -0.2) is 0 Å². The lowest BCUT2D eigenvalue weighted by Gasteiger charge is -2.62. The minimum Gasteiger partial charge on any atom is -0.508 e. The predicted octanol–water partition coefficient (Wildman–Crippen LogP) is 4.39. The lowest BCUT2D eigenvalue weighted by molar-refractivity contribution is -0.124. The summed E-state index contributed by atoms with van der Waals surface area (Å²) in [5.74, 6) is 0.473. The Labute approximate surface area is 167 Å². The maximum Gasteiger partial charge on any atom is 0.254 e. The Morgan fingerprint density at radius 2 is 1.71 bits per heavy atom. The molecule has 2 heterocycles. The maximum absolute atomic E-state index is 13.0. The average molecular weight is 379 g/mol. The van der Waals surface area contributed by atoms with Crippen molar-refractivity contribution in [3.63, 3.8) is 0 Å². The van der Waals surface area contributed by atoms with Crippen LogP contribution in [0.3, 0.4) is 0 Å². The maximum atomic E-state index is 13.0. The molecular formula is C24H30N2O2. The van der Waals surface area contributed by atoms with Crippen molar-refractivity contribution >= 4 is 5.91 Å². The smallest absolute Gasteiger partial charge is 0.254 e. The quantitative estimate of drug-likeness (QED) is 0.861. The van der Waals surface area contributed by atoms with Crippen LogP contribution in [-0.4, -0.2) is 46.5 Å². The zero-order valence-electron chi connectivity index (χ0n) is 17.1. The van der Waals surface area contributed by atoms with Crippen LogP contribution in [0.15, 0.2) is 48.5 Å². The van der Waals surface area contributed by atoms with E-state index in [9.17, 15) is 9.90 Å². The van der Waals surface area contributed by atoms with Crippen molar-refractivity contribution < 1.29 is 9.90 Å². The molecule has 148 valence electrons. The number of carbonyl (C=O) groups is 1. The number of likely N-dealkylation sites (tertiary alicyclic amines) is 2. The SMILES string of the molecule is Cc1ccccc1C(=O)N1CCC2(CC1)CN(C(C)C)C2c1ccc(O)cc1. The van der Waals surface area contributed by atoms with Crippen LogP contribution < -0.4 is 0 Å². The monoisotopic (exact) mass is 378 g/mol. The highest BCUT2D eigenvalue weighted by atomic mass is 16.3. The van der Waals surface area contributed by atoms with E-state index in [1.54, 1.807) is 12.1 Å². The second-order valence-electron chi connectivity index (χ2n) is 8.73. The second-order valence-corrected chi connectivity index (χ2v) is 8.73. The van der Waals surface area contributed by atoms with Gasteiger partial charge in [-0.05, 0) is 62.9 Å². The Balaban J connectivity index is 1.51. The van der Waals surface area contributed by atoms with Gasteiger partial charge in [-0.3, -0.25) is 9.69 Å². The Bertz CT molecular complexity index is 851. The molecule has 2 aromatic rings. The minimum absolute atomic E-state index is 0.161. The number of aromatic hydroxyl groups is 1. The molecule has 1 spiro atoms. The summed E-state index contributed by atoms with van der Waals surface area (Å²) in [6.45, 7) is 9.21. The van der Waals surface area contributed by atoms with Crippen molar-refractivity contribution in [1.82, 2.24) is 9.80 Å². The summed E-state index contributed by atoms with van der Waals surface area (Å²) >= 11 is 0. The van der Waals surface area contributed by atoms with E-state index >= 15 is 0 Å². The molecule has 2 aromatic carbocycles. The van der Waals surface area contributed by atoms with Crippen molar-refractivity contribution in [2.75, 3.05) is 19.6 Å². The summed E-state index contributed by atoms with van der Waals surface area (Å²) < 4.78 is 0. The molecule has 1 unspecified atom stereocenters. The van der Waals surface area contributed by atoms with E-state index in [1.165, 1.54) is 5.56 Å². The Hall–Kier alpha value is -2.33. The summed E-state index contributed by atoms with van der Waals surface area (Å²) in [5.41, 5.74) is 3.37. The van der Waals surface area contributed by atoms with E-state index < -0.39 is 0 Å². The third-order valence-electron chi connectivity index (χ3n) is 6.70. The molecule has 0 aromatic heterocycles. The molecule has 1 atom stereocenters. The third kappa shape index (κ3) is 3.20. The molecule has 28 heavy (non-hydrogen) atoms. The van der Waals surface area contributed by atoms with Gasteiger partial charge in [-0.2, -0.15) is 0 Å². The molecule has 4 nitrogen and oxygen atoms in total. The second kappa shape index (κ2) is 7.25. The highest BCUT2D eigenvalue weighted by Crippen LogP contribution is 2.55. The first kappa shape index (κ1) is 19.0. The number of phenols is 1. The Morgan fingerprint density at radius 3 is 2.32 bits per heavy atom. The standard InChI is InChI=1S/C24H30N2O2/c1-17(2)26-16-24(22(26)19-8-10-20(27)11-9-19)12-14-25(15-13-24)23(28)21-7-5-4-6-18(21)3/h4-11,17,22,27H,12-16H2,1-3H3. The van der Waals surface area contributed by atoms with Gasteiger partial charge >= 0.3 is 0 Å². The number of piperidine rings is 1. The van der Waals surface area contributed by atoms with Crippen molar-refractivity contribution in [1.29, 1.82) is 0 Å². The van der Waals surface area contributed by atoms with Crippen LogP contribution in [0.25, 0.3) is 0 Å². The van der Waals surface area contributed by atoms with Crippen LogP contribution in [0.5, 0.6) is 5.75 Å². The van der Waals surface area contributed by atoms with Gasteiger partial charge in [0.05, 0.1) is 0 Å². The zero-order chi connectivity index (χ0) is 19.9. The number of aryl methyl sites for hydroxylation is 1. The number of hydrogen-bond donors (Lipinski definition) is 1. The van der Waals surface area contributed by atoms with Crippen molar-refractivity contribution in [3.8, 4) is 5.75 Å². The van der Waals surface area contributed by atoms with Crippen LogP contribution >= 0.6 is 0 Å². The first-order valence-corrected chi connectivity index (χ1v) is 10.3. The van der Waals surface area contributed by atoms with Crippen LogP contribution in [0.1, 0.15) is 54.2 Å². The minimum atomic E-state index is 0.161. The van der Waals surface area contributed by atoms with Crippen LogP contribution in [-0.2, 0) is 0 Å². The molecular weight excluding hydrogens is 348 g/mol. The first-order chi connectivity index (χ1) is 13.4. The molecule has 0 saturated carbocycles. The molecule has 2 saturated heterocycles. The largest absolute Gasteiger partial charge is 0.508 e. The number of rotatable bonds is 3. The molecule has 2 fully saturated rings. The predicted molar refractivity (Wildman–Crippen MR) is 111 cm³/mol. The number of hydrogen-bond acceptors (Lipinski definition) is 3. The molecule has 4 heteroatoms. The zero-order valence-corrected chi connectivity index (χ0v) is 17.1. The molecule has 1 N–H and O–H groups in total. The highest BCUT2D eigenvalue weighted by Gasteiger charge is 2.54. The Kier molecular flexibility index (Phi) is 4.92. The average Bonchev–Trinajstić information content (AvgIpc) is 2.68. The van der Waals surface area contributed by atoms with Gasteiger partial charge < -0.3 is 10.0 Å². The van der Waals surface area contributed by atoms with Crippen LogP contribution in [0, 0.1) is 12.3 Å². The summed E-state index contributed by atoms with van der Waals surface area (Å²) in [6.07, 6.45) is 2.05. The molecule has 0 bridgehead atoms. The third-order valence-corrected chi connectivity index (χ3v) is 6.70. The molecule has 0 aliphatic carbocycles. The van der Waals surface area contributed by atoms with Crippen LogP contribution in [0.2, 0.25) is 0 Å². The number of nitrogens with zero attached hydrogens (tertiary/aromatic N) is 2. The summed E-state index contributed by atoms with van der Waals surface area (Å²) in [5, 5.41) is 9.67. The normalized spacial score (nSPS) is 21.7. The van der Waals surface area contributed by atoms with E-state index in [0.717, 1.165) is 43.6 Å².